The lowest BCUT2D eigenvalue weighted by Crippen LogP contribution is -2.43. The molecule has 8 heteroatoms. The van der Waals surface area contributed by atoms with E-state index in [0.717, 1.165) is 18.6 Å². The number of nitrogens with one attached hydrogen (secondary N) is 1. The highest BCUT2D eigenvalue weighted by molar-refractivity contribution is 5.77. The van der Waals surface area contributed by atoms with Gasteiger partial charge in [0, 0.05) is 18.9 Å². The van der Waals surface area contributed by atoms with Gasteiger partial charge in [0.05, 0.1) is 12.1 Å². The first-order valence-corrected chi connectivity index (χ1v) is 7.76. The van der Waals surface area contributed by atoms with Crippen molar-refractivity contribution in [2.75, 3.05) is 6.54 Å². The van der Waals surface area contributed by atoms with Crippen molar-refractivity contribution in [1.82, 2.24) is 5.32 Å². The summed E-state index contributed by atoms with van der Waals surface area (Å²) < 4.78 is 65.3. The van der Waals surface area contributed by atoms with E-state index in [4.69, 9.17) is 5.73 Å². The van der Waals surface area contributed by atoms with Crippen LogP contribution in [0.1, 0.15) is 36.8 Å². The van der Waals surface area contributed by atoms with Gasteiger partial charge in [-0.1, -0.05) is 18.6 Å². The first kappa shape index (κ1) is 18.5. The summed E-state index contributed by atoms with van der Waals surface area (Å²) >= 11 is 0. The van der Waals surface area contributed by atoms with E-state index in [1.54, 1.807) is 0 Å². The summed E-state index contributed by atoms with van der Waals surface area (Å²) in [7, 11) is 0. The Labute approximate surface area is 137 Å². The second-order valence-corrected chi connectivity index (χ2v) is 5.98. The van der Waals surface area contributed by atoms with Crippen LogP contribution in [0.5, 0.6) is 0 Å². The van der Waals surface area contributed by atoms with E-state index in [0.29, 0.717) is 18.4 Å². The molecule has 1 atom stereocenters. The Morgan fingerprint density at radius 2 is 2.04 bits per heavy atom. The van der Waals surface area contributed by atoms with Crippen LogP contribution in [0, 0.1) is 5.92 Å². The third-order valence-corrected chi connectivity index (χ3v) is 4.13. The third-order valence-electron chi connectivity index (χ3n) is 4.13. The van der Waals surface area contributed by atoms with Crippen LogP contribution in [-0.4, -0.2) is 18.4 Å². The summed E-state index contributed by atoms with van der Waals surface area (Å²) in [6.45, 7) is -0.0469. The number of hydrogen-bond donors (Lipinski definition) is 2. The van der Waals surface area contributed by atoms with E-state index < -0.39 is 23.6 Å². The van der Waals surface area contributed by atoms with Gasteiger partial charge in [-0.25, -0.2) is 13.8 Å². The van der Waals surface area contributed by atoms with Crippen LogP contribution in [-0.2, 0) is 12.7 Å². The molecular formula is C16H20F5N3. The van der Waals surface area contributed by atoms with Crippen LogP contribution < -0.4 is 11.1 Å². The van der Waals surface area contributed by atoms with E-state index >= 15 is 0 Å². The van der Waals surface area contributed by atoms with E-state index in [9.17, 15) is 22.0 Å². The molecule has 0 bridgehead atoms. The molecule has 0 spiro atoms. The first-order chi connectivity index (χ1) is 11.2. The summed E-state index contributed by atoms with van der Waals surface area (Å²) in [6.07, 6.45) is -2.86. The number of nitrogens with zero attached hydrogens (tertiary/aromatic N) is 1. The molecule has 3 nitrogen and oxygen atoms in total. The topological polar surface area (TPSA) is 50.4 Å². The van der Waals surface area contributed by atoms with Crippen molar-refractivity contribution in [2.45, 2.75) is 44.3 Å². The minimum absolute atomic E-state index is 0.00489. The number of nitrogens with two attached hydrogens (primary N) is 1. The molecule has 0 amide bonds. The molecule has 24 heavy (non-hydrogen) atoms. The zero-order chi connectivity index (χ0) is 17.8. The Bertz CT molecular complexity index is 583. The van der Waals surface area contributed by atoms with Crippen molar-refractivity contribution < 1.29 is 22.0 Å². The number of aliphatic imine (C=N–C) groups is 1. The fourth-order valence-electron chi connectivity index (χ4n) is 2.72. The lowest BCUT2D eigenvalue weighted by molar-refractivity contribution is -0.137. The van der Waals surface area contributed by atoms with Crippen molar-refractivity contribution in [3.63, 3.8) is 0 Å². The Morgan fingerprint density at radius 3 is 2.71 bits per heavy atom. The fraction of sp³-hybridized carbons (Fsp3) is 0.562. The second kappa shape index (κ2) is 7.36. The number of halogens is 5. The standard InChI is InChI=1S/C16H20F5N3/c17-15(18)7-2-1-5-13(15)10-24-14(22)23-9-11-4-3-6-12(8-11)16(19,20)21/h3-4,6,8,13H,1-2,5,7,9-10H2,(H3,22,23,24). The monoisotopic (exact) mass is 349 g/mol. The molecule has 0 saturated heterocycles. The van der Waals surface area contributed by atoms with Crippen molar-refractivity contribution in [3.8, 4) is 0 Å². The highest BCUT2D eigenvalue weighted by atomic mass is 19.4. The average molecular weight is 349 g/mol. The van der Waals surface area contributed by atoms with E-state index in [-0.39, 0.29) is 25.5 Å². The molecule has 1 aliphatic rings. The summed E-state index contributed by atoms with van der Waals surface area (Å²) in [6, 6.07) is 4.76. The molecule has 1 unspecified atom stereocenters. The Balaban J connectivity index is 1.90. The summed E-state index contributed by atoms with van der Waals surface area (Å²) in [5.41, 5.74) is 5.21. The fourth-order valence-corrected chi connectivity index (χ4v) is 2.72. The van der Waals surface area contributed by atoms with Gasteiger partial charge >= 0.3 is 6.18 Å². The van der Waals surface area contributed by atoms with Crippen LogP contribution >= 0.6 is 0 Å². The van der Waals surface area contributed by atoms with Gasteiger partial charge in [-0.15, -0.1) is 0 Å². The van der Waals surface area contributed by atoms with Gasteiger partial charge in [0.1, 0.15) is 0 Å². The maximum absolute atomic E-state index is 13.7. The molecule has 1 aliphatic carbocycles. The van der Waals surface area contributed by atoms with Gasteiger partial charge in [-0.05, 0) is 30.5 Å². The zero-order valence-electron chi connectivity index (χ0n) is 13.0. The predicted molar refractivity (Wildman–Crippen MR) is 81.7 cm³/mol. The molecule has 1 saturated carbocycles. The van der Waals surface area contributed by atoms with Gasteiger partial charge in [-0.2, -0.15) is 13.2 Å². The van der Waals surface area contributed by atoms with Crippen molar-refractivity contribution in [3.05, 3.63) is 35.4 Å². The molecular weight excluding hydrogens is 329 g/mol. The highest BCUT2D eigenvalue weighted by Gasteiger charge is 2.41. The number of alkyl halides is 5. The van der Waals surface area contributed by atoms with Crippen LogP contribution in [0.3, 0.4) is 0 Å². The molecule has 134 valence electrons. The summed E-state index contributed by atoms with van der Waals surface area (Å²) in [4.78, 5) is 3.92. The molecule has 3 N–H and O–H groups in total. The molecule has 1 aromatic rings. The van der Waals surface area contributed by atoms with Crippen LogP contribution in [0.4, 0.5) is 22.0 Å². The lowest BCUT2D eigenvalue weighted by atomic mass is 9.85. The number of hydrogen-bond acceptors (Lipinski definition) is 1. The van der Waals surface area contributed by atoms with Gasteiger partial charge in [0.2, 0.25) is 0 Å². The molecule has 1 fully saturated rings. The lowest BCUT2D eigenvalue weighted by Gasteiger charge is -2.31. The zero-order valence-corrected chi connectivity index (χ0v) is 13.0. The Hall–Kier alpha value is -1.86. The maximum Gasteiger partial charge on any atom is 0.416 e. The van der Waals surface area contributed by atoms with E-state index in [2.05, 4.69) is 10.3 Å². The normalized spacial score (nSPS) is 21.5. The van der Waals surface area contributed by atoms with Gasteiger partial charge in [0.15, 0.2) is 5.96 Å². The van der Waals surface area contributed by atoms with Gasteiger partial charge in [0.25, 0.3) is 5.92 Å². The number of guanidine groups is 1. The number of benzene rings is 1. The highest BCUT2D eigenvalue weighted by Crippen LogP contribution is 2.37. The molecule has 0 aromatic heterocycles. The van der Waals surface area contributed by atoms with Crippen LogP contribution in [0.15, 0.2) is 29.3 Å². The second-order valence-electron chi connectivity index (χ2n) is 5.98. The summed E-state index contributed by atoms with van der Waals surface area (Å²) in [5, 5.41) is 2.65. The summed E-state index contributed by atoms with van der Waals surface area (Å²) in [5.74, 6) is -3.56. The van der Waals surface area contributed by atoms with E-state index in [1.807, 2.05) is 0 Å². The molecule has 0 heterocycles. The minimum Gasteiger partial charge on any atom is -0.370 e. The van der Waals surface area contributed by atoms with Gasteiger partial charge in [-0.3, -0.25) is 0 Å². The molecule has 0 aliphatic heterocycles. The van der Waals surface area contributed by atoms with Crippen LogP contribution in [0.2, 0.25) is 0 Å². The smallest absolute Gasteiger partial charge is 0.370 e. The van der Waals surface area contributed by atoms with Crippen molar-refractivity contribution in [1.29, 1.82) is 0 Å². The Kier molecular flexibility index (Phi) is 5.66. The molecule has 1 aromatic carbocycles. The molecule has 0 radical (unpaired) electrons. The SMILES string of the molecule is NC(=NCc1cccc(C(F)(F)F)c1)NCC1CCCCC1(F)F. The Morgan fingerprint density at radius 1 is 1.29 bits per heavy atom. The quantitative estimate of drug-likeness (QED) is 0.491. The predicted octanol–water partition coefficient (Wildman–Crippen LogP) is 3.94. The third kappa shape index (κ3) is 5.07. The van der Waals surface area contributed by atoms with Gasteiger partial charge < -0.3 is 11.1 Å². The largest absolute Gasteiger partial charge is 0.416 e. The molecule has 2 rings (SSSR count). The van der Waals surface area contributed by atoms with Crippen molar-refractivity contribution in [2.24, 2.45) is 16.6 Å². The average Bonchev–Trinajstić information content (AvgIpc) is 2.51. The minimum atomic E-state index is -4.42. The maximum atomic E-state index is 13.7. The first-order valence-electron chi connectivity index (χ1n) is 7.76. The van der Waals surface area contributed by atoms with Crippen molar-refractivity contribution >= 4 is 5.96 Å². The van der Waals surface area contributed by atoms with Crippen LogP contribution in [0.25, 0.3) is 0 Å². The van der Waals surface area contributed by atoms with E-state index in [1.165, 1.54) is 12.1 Å². The number of rotatable bonds is 4.